The van der Waals surface area contributed by atoms with Gasteiger partial charge in [-0.2, -0.15) is 0 Å². The Hall–Kier alpha value is -2.50. The van der Waals surface area contributed by atoms with Gasteiger partial charge in [-0.3, -0.25) is 19.2 Å². The van der Waals surface area contributed by atoms with E-state index in [0.29, 0.717) is 6.42 Å². The van der Waals surface area contributed by atoms with Crippen molar-refractivity contribution in [1.82, 2.24) is 0 Å². The summed E-state index contributed by atoms with van der Waals surface area (Å²) in [7, 11) is 0. The molecule has 0 bridgehead atoms. The number of carbonyl (C=O) groups excluding carboxylic acids is 4. The number of Topliss-reactive ketones (excluding diaryl/α,β-unsaturated/α-hetero) is 1. The second-order valence-electron chi connectivity index (χ2n) is 10.8. The van der Waals surface area contributed by atoms with Crippen LogP contribution >= 0.6 is 0 Å². The maximum absolute atomic E-state index is 13.8. The van der Waals surface area contributed by atoms with Crippen LogP contribution in [0, 0.1) is 28.6 Å². The normalized spacial score (nSPS) is 38.1. The van der Waals surface area contributed by atoms with Gasteiger partial charge in [-0.1, -0.05) is 51.0 Å². The highest BCUT2D eigenvalue weighted by molar-refractivity contribution is 6.01. The molecule has 2 saturated carbocycles. The third-order valence-electron chi connectivity index (χ3n) is 9.12. The number of ether oxygens (including phenoxy) is 2. The number of hydrogen-bond donors (Lipinski definition) is 0. The van der Waals surface area contributed by atoms with E-state index in [1.165, 1.54) is 5.57 Å². The summed E-state index contributed by atoms with van der Waals surface area (Å²) < 4.78 is 11.3. The van der Waals surface area contributed by atoms with Crippen LogP contribution in [0.4, 0.5) is 0 Å². The van der Waals surface area contributed by atoms with Crippen molar-refractivity contribution in [3.05, 3.63) is 35.5 Å². The molecule has 2 fully saturated rings. The van der Waals surface area contributed by atoms with Crippen LogP contribution in [0.5, 0.6) is 0 Å². The molecule has 0 unspecified atom stereocenters. The van der Waals surface area contributed by atoms with Gasteiger partial charge in [-0.25, -0.2) is 0 Å². The molecule has 4 rings (SSSR count). The van der Waals surface area contributed by atoms with E-state index >= 15 is 0 Å². The molecule has 4 aliphatic carbocycles. The first-order valence-electron chi connectivity index (χ1n) is 12.6. The molecule has 0 saturated heterocycles. The number of ketones is 2. The smallest absolute Gasteiger partial charge is 0.306 e. The van der Waals surface area contributed by atoms with Crippen molar-refractivity contribution in [2.75, 3.05) is 6.61 Å². The van der Waals surface area contributed by atoms with Gasteiger partial charge < -0.3 is 9.47 Å². The molecule has 6 heteroatoms. The summed E-state index contributed by atoms with van der Waals surface area (Å²) >= 11 is 0. The first-order chi connectivity index (χ1) is 16.0. The predicted octanol–water partition coefficient (Wildman–Crippen LogP) is 4.67. The van der Waals surface area contributed by atoms with Crippen LogP contribution in [0.1, 0.15) is 73.1 Å². The molecule has 184 valence electrons. The minimum absolute atomic E-state index is 0.0411. The standard InChI is InChI=1S/C28H36O6/c1-6-24(31)33-16-23(30)28(34-25(32)7-2)17(3)14-22-20-9-8-18-15-19(29)10-12-26(18,4)21(20)11-13-27(22,28)5/h10-12,15,17,20,22H,6-9,13-14,16H2,1-5H3/t17-,20+,22-,26-,27-,28+/m0/s1. The monoisotopic (exact) mass is 468 g/mol. The van der Waals surface area contributed by atoms with Crippen molar-refractivity contribution >= 4 is 23.5 Å². The van der Waals surface area contributed by atoms with Crippen molar-refractivity contribution in [3.8, 4) is 0 Å². The third kappa shape index (κ3) is 3.44. The molecular weight excluding hydrogens is 432 g/mol. The van der Waals surface area contributed by atoms with Crippen LogP contribution in [0.15, 0.2) is 35.5 Å². The number of esters is 2. The molecule has 4 aliphatic rings. The molecule has 0 radical (unpaired) electrons. The maximum Gasteiger partial charge on any atom is 0.306 e. The SMILES string of the molecule is CCC(=O)OCC(=O)[C@]1(OC(=O)CC)[C@@H](C)C[C@H]2[C@@H]3CCC4=CC(=O)C=C[C@]4(C)C3=CC[C@@]21C. The topological polar surface area (TPSA) is 86.7 Å². The van der Waals surface area contributed by atoms with Gasteiger partial charge in [0.25, 0.3) is 0 Å². The molecule has 6 atom stereocenters. The van der Waals surface area contributed by atoms with Crippen molar-refractivity contribution < 1.29 is 28.7 Å². The van der Waals surface area contributed by atoms with Crippen LogP contribution in [-0.4, -0.2) is 35.7 Å². The van der Waals surface area contributed by atoms with Crippen LogP contribution < -0.4 is 0 Å². The minimum Gasteiger partial charge on any atom is -0.457 e. The third-order valence-corrected chi connectivity index (χ3v) is 9.12. The van der Waals surface area contributed by atoms with E-state index in [1.807, 2.05) is 13.0 Å². The van der Waals surface area contributed by atoms with E-state index in [0.717, 1.165) is 24.8 Å². The molecule has 0 aromatic heterocycles. The number of fused-ring (bicyclic) bond motifs is 5. The summed E-state index contributed by atoms with van der Waals surface area (Å²) in [6, 6.07) is 0. The summed E-state index contributed by atoms with van der Waals surface area (Å²) in [6.07, 6.45) is 11.1. The zero-order valence-electron chi connectivity index (χ0n) is 20.9. The first kappa shape index (κ1) is 24.6. The summed E-state index contributed by atoms with van der Waals surface area (Å²) in [5, 5.41) is 0. The largest absolute Gasteiger partial charge is 0.457 e. The quantitative estimate of drug-likeness (QED) is 0.416. The van der Waals surface area contributed by atoms with E-state index in [2.05, 4.69) is 19.9 Å². The second-order valence-corrected chi connectivity index (χ2v) is 10.8. The van der Waals surface area contributed by atoms with Crippen LogP contribution in [0.25, 0.3) is 0 Å². The van der Waals surface area contributed by atoms with Gasteiger partial charge in [0.05, 0.1) is 0 Å². The van der Waals surface area contributed by atoms with E-state index in [1.54, 1.807) is 26.0 Å². The Morgan fingerprint density at radius 2 is 1.82 bits per heavy atom. The highest BCUT2D eigenvalue weighted by Crippen LogP contribution is 2.67. The molecule has 0 heterocycles. The Balaban J connectivity index is 1.76. The maximum atomic E-state index is 13.8. The van der Waals surface area contributed by atoms with Gasteiger partial charge in [0.2, 0.25) is 5.78 Å². The van der Waals surface area contributed by atoms with Crippen molar-refractivity contribution in [1.29, 1.82) is 0 Å². The average Bonchev–Trinajstić information content (AvgIpc) is 3.04. The van der Waals surface area contributed by atoms with Crippen molar-refractivity contribution in [2.45, 2.75) is 78.7 Å². The Labute approximate surface area is 201 Å². The summed E-state index contributed by atoms with van der Waals surface area (Å²) in [5.74, 6) is -0.964. The minimum atomic E-state index is -1.34. The molecule has 0 aromatic rings. The van der Waals surface area contributed by atoms with Gasteiger partial charge in [-0.05, 0) is 56.6 Å². The van der Waals surface area contributed by atoms with Crippen LogP contribution in [-0.2, 0) is 28.7 Å². The molecule has 0 aliphatic heterocycles. The molecule has 0 N–H and O–H groups in total. The van der Waals surface area contributed by atoms with Crippen LogP contribution in [0.3, 0.4) is 0 Å². The lowest BCUT2D eigenvalue weighted by Crippen LogP contribution is -2.60. The predicted molar refractivity (Wildman–Crippen MR) is 127 cm³/mol. The molecule has 0 amide bonds. The molecule has 0 spiro atoms. The zero-order valence-corrected chi connectivity index (χ0v) is 20.9. The van der Waals surface area contributed by atoms with Crippen molar-refractivity contribution in [3.63, 3.8) is 0 Å². The lowest BCUT2D eigenvalue weighted by atomic mass is 9.51. The van der Waals surface area contributed by atoms with E-state index in [-0.39, 0.29) is 54.2 Å². The molecule has 6 nitrogen and oxygen atoms in total. The van der Waals surface area contributed by atoms with E-state index < -0.39 is 23.0 Å². The zero-order chi connectivity index (χ0) is 24.9. The molecule has 0 aromatic carbocycles. The van der Waals surface area contributed by atoms with E-state index in [9.17, 15) is 19.2 Å². The highest BCUT2D eigenvalue weighted by atomic mass is 16.6. The lowest BCUT2D eigenvalue weighted by molar-refractivity contribution is -0.191. The molecule has 34 heavy (non-hydrogen) atoms. The fourth-order valence-electron chi connectivity index (χ4n) is 7.33. The molecular formula is C28H36O6. The van der Waals surface area contributed by atoms with Crippen LogP contribution in [0.2, 0.25) is 0 Å². The summed E-state index contributed by atoms with van der Waals surface area (Å²) in [5.41, 5.74) is 0.241. The fourth-order valence-corrected chi connectivity index (χ4v) is 7.33. The lowest BCUT2D eigenvalue weighted by Gasteiger charge is -2.54. The van der Waals surface area contributed by atoms with Gasteiger partial charge in [-0.15, -0.1) is 0 Å². The van der Waals surface area contributed by atoms with Gasteiger partial charge in [0, 0.05) is 29.6 Å². The van der Waals surface area contributed by atoms with Gasteiger partial charge in [0.1, 0.15) is 0 Å². The summed E-state index contributed by atoms with van der Waals surface area (Å²) in [6.45, 7) is 9.27. The Morgan fingerprint density at radius 3 is 2.50 bits per heavy atom. The van der Waals surface area contributed by atoms with Gasteiger partial charge >= 0.3 is 11.9 Å². The Morgan fingerprint density at radius 1 is 1.12 bits per heavy atom. The average molecular weight is 469 g/mol. The summed E-state index contributed by atoms with van der Waals surface area (Å²) in [4.78, 5) is 50.2. The number of rotatable bonds is 6. The Bertz CT molecular complexity index is 1020. The van der Waals surface area contributed by atoms with Gasteiger partial charge in [0.15, 0.2) is 18.0 Å². The van der Waals surface area contributed by atoms with Crippen molar-refractivity contribution in [2.24, 2.45) is 28.6 Å². The van der Waals surface area contributed by atoms with E-state index in [4.69, 9.17) is 9.47 Å². The number of hydrogen-bond acceptors (Lipinski definition) is 6. The Kier molecular flexibility index (Phi) is 6.24. The second kappa shape index (κ2) is 8.62. The first-order valence-corrected chi connectivity index (χ1v) is 12.6. The fraction of sp³-hybridized carbons (Fsp3) is 0.643. The highest BCUT2D eigenvalue weighted by Gasteiger charge is 2.70. The number of allylic oxidation sites excluding steroid dienone is 6. The number of carbonyl (C=O) groups is 4.